The zero-order valence-electron chi connectivity index (χ0n) is 13.3. The lowest BCUT2D eigenvalue weighted by molar-refractivity contribution is 0.774. The average molecular weight is 284 g/mol. The standard InChI is InChI=1S/C17H24N4/c1-5-6-12-21(15-10-8-7-9-11-15)17-13(2)16(18-4)19-14(3)20-17/h7-11H,5-6,12H2,1-4H3,(H,18,19,20). The number of nitrogens with one attached hydrogen (secondary N) is 1. The highest BCUT2D eigenvalue weighted by Crippen LogP contribution is 2.29. The normalized spacial score (nSPS) is 10.5. The molecule has 0 bridgehead atoms. The molecule has 4 heteroatoms. The molecule has 0 atom stereocenters. The van der Waals surface area contributed by atoms with Gasteiger partial charge in [-0.3, -0.25) is 0 Å². The molecule has 4 nitrogen and oxygen atoms in total. The lowest BCUT2D eigenvalue weighted by Gasteiger charge is -2.26. The number of aromatic nitrogens is 2. The molecule has 0 aliphatic heterocycles. The molecule has 0 fully saturated rings. The third-order valence-corrected chi connectivity index (χ3v) is 3.53. The smallest absolute Gasteiger partial charge is 0.141 e. The third-order valence-electron chi connectivity index (χ3n) is 3.53. The van der Waals surface area contributed by atoms with Gasteiger partial charge in [-0.25, -0.2) is 9.97 Å². The average Bonchev–Trinajstić information content (AvgIpc) is 2.51. The summed E-state index contributed by atoms with van der Waals surface area (Å²) in [5.74, 6) is 2.68. The number of hydrogen-bond donors (Lipinski definition) is 1. The fourth-order valence-corrected chi connectivity index (χ4v) is 2.40. The van der Waals surface area contributed by atoms with Crippen molar-refractivity contribution < 1.29 is 0 Å². The molecule has 2 rings (SSSR count). The summed E-state index contributed by atoms with van der Waals surface area (Å²) >= 11 is 0. The Morgan fingerprint density at radius 1 is 1.10 bits per heavy atom. The van der Waals surface area contributed by atoms with Crippen LogP contribution in [0.25, 0.3) is 0 Å². The number of aryl methyl sites for hydroxylation is 1. The van der Waals surface area contributed by atoms with E-state index in [1.807, 2.05) is 20.0 Å². The molecule has 1 aromatic heterocycles. The predicted octanol–water partition coefficient (Wildman–Crippen LogP) is 4.07. The van der Waals surface area contributed by atoms with Crippen molar-refractivity contribution in [1.82, 2.24) is 9.97 Å². The van der Waals surface area contributed by atoms with E-state index in [1.165, 1.54) is 5.69 Å². The number of anilines is 3. The van der Waals surface area contributed by atoms with E-state index in [-0.39, 0.29) is 0 Å². The molecule has 21 heavy (non-hydrogen) atoms. The van der Waals surface area contributed by atoms with Crippen LogP contribution >= 0.6 is 0 Å². The molecular weight excluding hydrogens is 260 g/mol. The van der Waals surface area contributed by atoms with E-state index >= 15 is 0 Å². The Balaban J connectivity index is 2.48. The zero-order valence-corrected chi connectivity index (χ0v) is 13.3. The van der Waals surface area contributed by atoms with Crippen molar-refractivity contribution in [3.05, 3.63) is 41.7 Å². The molecule has 0 aliphatic rings. The summed E-state index contributed by atoms with van der Waals surface area (Å²) in [6.07, 6.45) is 2.29. The van der Waals surface area contributed by atoms with Crippen LogP contribution in [0.2, 0.25) is 0 Å². The van der Waals surface area contributed by atoms with Crippen LogP contribution in [-0.2, 0) is 0 Å². The van der Waals surface area contributed by atoms with Crippen molar-refractivity contribution in [2.45, 2.75) is 33.6 Å². The van der Waals surface area contributed by atoms with E-state index in [4.69, 9.17) is 0 Å². The minimum absolute atomic E-state index is 0.789. The molecule has 0 saturated carbocycles. The van der Waals surface area contributed by atoms with Crippen LogP contribution in [0.5, 0.6) is 0 Å². The van der Waals surface area contributed by atoms with Crippen LogP contribution in [0.4, 0.5) is 17.3 Å². The molecule has 2 aromatic rings. The number of nitrogens with zero attached hydrogens (tertiary/aromatic N) is 3. The summed E-state index contributed by atoms with van der Waals surface area (Å²) < 4.78 is 0. The lowest BCUT2D eigenvalue weighted by atomic mass is 10.2. The van der Waals surface area contributed by atoms with Crippen molar-refractivity contribution in [3.63, 3.8) is 0 Å². The van der Waals surface area contributed by atoms with E-state index in [0.29, 0.717) is 0 Å². The lowest BCUT2D eigenvalue weighted by Crippen LogP contribution is -2.22. The van der Waals surface area contributed by atoms with E-state index < -0.39 is 0 Å². The summed E-state index contributed by atoms with van der Waals surface area (Å²) in [7, 11) is 1.90. The van der Waals surface area contributed by atoms with Crippen LogP contribution in [0, 0.1) is 13.8 Å². The second kappa shape index (κ2) is 7.07. The Hall–Kier alpha value is -2.10. The topological polar surface area (TPSA) is 41.1 Å². The quantitative estimate of drug-likeness (QED) is 0.868. The predicted molar refractivity (Wildman–Crippen MR) is 89.4 cm³/mol. The van der Waals surface area contributed by atoms with Crippen LogP contribution in [-0.4, -0.2) is 23.6 Å². The second-order valence-electron chi connectivity index (χ2n) is 5.16. The highest BCUT2D eigenvalue weighted by Gasteiger charge is 2.16. The number of unbranched alkanes of at least 4 members (excludes halogenated alkanes) is 1. The summed E-state index contributed by atoms with van der Waals surface area (Å²) in [4.78, 5) is 11.4. The molecule has 0 amide bonds. The highest BCUT2D eigenvalue weighted by atomic mass is 15.2. The summed E-state index contributed by atoms with van der Waals surface area (Å²) in [5, 5.41) is 3.16. The summed E-state index contributed by atoms with van der Waals surface area (Å²) in [5.41, 5.74) is 2.26. The number of rotatable bonds is 6. The summed E-state index contributed by atoms with van der Waals surface area (Å²) in [6, 6.07) is 10.4. The molecule has 1 heterocycles. The third kappa shape index (κ3) is 3.51. The Morgan fingerprint density at radius 3 is 2.43 bits per heavy atom. The van der Waals surface area contributed by atoms with Gasteiger partial charge in [-0.2, -0.15) is 0 Å². The maximum Gasteiger partial charge on any atom is 0.141 e. The van der Waals surface area contributed by atoms with Gasteiger partial charge in [0.15, 0.2) is 0 Å². The van der Waals surface area contributed by atoms with Gasteiger partial charge in [0.2, 0.25) is 0 Å². The number of benzene rings is 1. The van der Waals surface area contributed by atoms with Gasteiger partial charge in [-0.05, 0) is 32.4 Å². The molecule has 0 saturated heterocycles. The van der Waals surface area contributed by atoms with Gasteiger partial charge in [-0.15, -0.1) is 0 Å². The molecule has 0 aliphatic carbocycles. The van der Waals surface area contributed by atoms with Crippen LogP contribution in [0.3, 0.4) is 0 Å². The van der Waals surface area contributed by atoms with Gasteiger partial charge in [-0.1, -0.05) is 31.5 Å². The van der Waals surface area contributed by atoms with Crippen molar-refractivity contribution in [1.29, 1.82) is 0 Å². The number of para-hydroxylation sites is 1. The SMILES string of the molecule is CCCCN(c1ccccc1)c1nc(C)nc(NC)c1C. The first kappa shape index (κ1) is 15.3. The van der Waals surface area contributed by atoms with Crippen LogP contribution in [0.15, 0.2) is 30.3 Å². The van der Waals surface area contributed by atoms with Crippen LogP contribution in [0.1, 0.15) is 31.2 Å². The number of hydrogen-bond acceptors (Lipinski definition) is 4. The molecule has 112 valence electrons. The van der Waals surface area contributed by atoms with Gasteiger partial charge in [0, 0.05) is 24.8 Å². The van der Waals surface area contributed by atoms with E-state index in [1.54, 1.807) is 0 Å². The molecule has 0 radical (unpaired) electrons. The van der Waals surface area contributed by atoms with Crippen molar-refractivity contribution >= 4 is 17.3 Å². The monoisotopic (exact) mass is 284 g/mol. The Morgan fingerprint density at radius 2 is 1.81 bits per heavy atom. The maximum atomic E-state index is 4.69. The van der Waals surface area contributed by atoms with Gasteiger partial charge in [0.1, 0.15) is 17.5 Å². The molecule has 1 aromatic carbocycles. The minimum atomic E-state index is 0.789. The van der Waals surface area contributed by atoms with Gasteiger partial charge in [0.25, 0.3) is 0 Å². The van der Waals surface area contributed by atoms with Gasteiger partial charge < -0.3 is 10.2 Å². The Labute approximate surface area is 127 Å². The van der Waals surface area contributed by atoms with E-state index in [9.17, 15) is 0 Å². The first-order chi connectivity index (χ1) is 10.2. The van der Waals surface area contributed by atoms with Crippen molar-refractivity contribution in [3.8, 4) is 0 Å². The van der Waals surface area contributed by atoms with Gasteiger partial charge in [0.05, 0.1) is 0 Å². The molecule has 1 N–H and O–H groups in total. The maximum absolute atomic E-state index is 4.69. The minimum Gasteiger partial charge on any atom is -0.373 e. The Bertz CT molecular complexity index is 581. The van der Waals surface area contributed by atoms with Crippen molar-refractivity contribution in [2.75, 3.05) is 23.8 Å². The molecule has 0 spiro atoms. The first-order valence-corrected chi connectivity index (χ1v) is 7.53. The van der Waals surface area contributed by atoms with Crippen molar-refractivity contribution in [2.24, 2.45) is 0 Å². The van der Waals surface area contributed by atoms with E-state index in [0.717, 1.165) is 42.4 Å². The van der Waals surface area contributed by atoms with Gasteiger partial charge >= 0.3 is 0 Å². The largest absolute Gasteiger partial charge is 0.373 e. The highest BCUT2D eigenvalue weighted by molar-refractivity contribution is 5.67. The molecule has 0 unspecified atom stereocenters. The second-order valence-corrected chi connectivity index (χ2v) is 5.16. The zero-order chi connectivity index (χ0) is 15.2. The Kier molecular flexibility index (Phi) is 5.14. The fourth-order valence-electron chi connectivity index (χ4n) is 2.40. The van der Waals surface area contributed by atoms with Crippen LogP contribution < -0.4 is 10.2 Å². The first-order valence-electron chi connectivity index (χ1n) is 7.53. The molecular formula is C17H24N4. The van der Waals surface area contributed by atoms with E-state index in [2.05, 4.69) is 58.3 Å². The fraction of sp³-hybridized carbons (Fsp3) is 0.412. The summed E-state index contributed by atoms with van der Waals surface area (Å²) in [6.45, 7) is 7.18.